The fourth-order valence-corrected chi connectivity index (χ4v) is 1.51. The van der Waals surface area contributed by atoms with E-state index in [2.05, 4.69) is 11.8 Å². The predicted octanol–water partition coefficient (Wildman–Crippen LogP) is 0.150. The van der Waals surface area contributed by atoms with Crippen LogP contribution in [0.1, 0.15) is 20.3 Å². The van der Waals surface area contributed by atoms with Crippen molar-refractivity contribution in [3.63, 3.8) is 0 Å². The molecule has 0 saturated carbocycles. The smallest absolute Gasteiger partial charge is 0.236 e. The van der Waals surface area contributed by atoms with Crippen molar-refractivity contribution in [2.75, 3.05) is 46.9 Å². The topological polar surface area (TPSA) is 58.8 Å². The van der Waals surface area contributed by atoms with Gasteiger partial charge in [-0.05, 0) is 19.9 Å². The van der Waals surface area contributed by atoms with Crippen molar-refractivity contribution in [1.29, 1.82) is 0 Å². The first-order valence-electron chi connectivity index (χ1n) is 6.29. The summed E-state index contributed by atoms with van der Waals surface area (Å²) in [7, 11) is 3.55. The van der Waals surface area contributed by atoms with Gasteiger partial charge in [0.15, 0.2) is 0 Å². The highest BCUT2D eigenvalue weighted by Gasteiger charge is 2.13. The van der Waals surface area contributed by atoms with Crippen molar-refractivity contribution < 1.29 is 9.53 Å². The van der Waals surface area contributed by atoms with Crippen LogP contribution < -0.4 is 5.73 Å². The van der Waals surface area contributed by atoms with Crippen molar-refractivity contribution in [1.82, 2.24) is 9.80 Å². The molecule has 2 N–H and O–H groups in total. The van der Waals surface area contributed by atoms with Crippen LogP contribution in [0.25, 0.3) is 0 Å². The van der Waals surface area contributed by atoms with Gasteiger partial charge < -0.3 is 15.4 Å². The zero-order chi connectivity index (χ0) is 13.3. The van der Waals surface area contributed by atoms with Crippen LogP contribution >= 0.6 is 0 Å². The largest absolute Gasteiger partial charge is 0.377 e. The number of carbonyl (C=O) groups is 1. The number of nitrogens with two attached hydrogens (primary N) is 1. The summed E-state index contributed by atoms with van der Waals surface area (Å²) < 4.78 is 5.49. The maximum Gasteiger partial charge on any atom is 0.236 e. The Labute approximate surface area is 105 Å². The van der Waals surface area contributed by atoms with Gasteiger partial charge in [0.1, 0.15) is 0 Å². The molecule has 0 aromatic carbocycles. The molecule has 17 heavy (non-hydrogen) atoms. The van der Waals surface area contributed by atoms with Gasteiger partial charge in [0, 0.05) is 33.8 Å². The molecular formula is C12H27N3O2. The van der Waals surface area contributed by atoms with E-state index >= 15 is 0 Å². The van der Waals surface area contributed by atoms with Crippen molar-refractivity contribution >= 4 is 5.91 Å². The van der Waals surface area contributed by atoms with Gasteiger partial charge >= 0.3 is 0 Å². The Morgan fingerprint density at radius 1 is 1.35 bits per heavy atom. The first kappa shape index (κ1) is 16.4. The lowest BCUT2D eigenvalue weighted by Gasteiger charge is -2.24. The Hall–Kier alpha value is -0.650. The van der Waals surface area contributed by atoms with Crippen LogP contribution in [0.15, 0.2) is 0 Å². The zero-order valence-electron chi connectivity index (χ0n) is 11.6. The third kappa shape index (κ3) is 7.31. The lowest BCUT2D eigenvalue weighted by Crippen LogP contribution is -2.38. The quantitative estimate of drug-likeness (QED) is 0.628. The Bertz CT molecular complexity index is 210. The molecule has 0 aromatic rings. The second-order valence-electron chi connectivity index (χ2n) is 4.26. The van der Waals surface area contributed by atoms with E-state index in [9.17, 15) is 4.79 Å². The molecule has 0 saturated heterocycles. The van der Waals surface area contributed by atoms with Gasteiger partial charge in [-0.15, -0.1) is 0 Å². The van der Waals surface area contributed by atoms with Crippen LogP contribution in [0.3, 0.4) is 0 Å². The van der Waals surface area contributed by atoms with Gasteiger partial charge in [-0.25, -0.2) is 0 Å². The average molecular weight is 245 g/mol. The summed E-state index contributed by atoms with van der Waals surface area (Å²) in [5, 5.41) is 0. The highest BCUT2D eigenvalue weighted by molar-refractivity contribution is 5.77. The molecular weight excluding hydrogens is 218 g/mol. The van der Waals surface area contributed by atoms with E-state index in [4.69, 9.17) is 10.5 Å². The highest BCUT2D eigenvalue weighted by atomic mass is 16.5. The van der Waals surface area contributed by atoms with Crippen LogP contribution in [0.4, 0.5) is 0 Å². The van der Waals surface area contributed by atoms with E-state index < -0.39 is 0 Å². The number of ether oxygens (including phenoxy) is 1. The maximum atomic E-state index is 11.6. The monoisotopic (exact) mass is 245 g/mol. The summed E-state index contributed by atoms with van der Waals surface area (Å²) in [5.74, 6) is 0.132. The van der Waals surface area contributed by atoms with Crippen molar-refractivity contribution in [3.05, 3.63) is 0 Å². The Morgan fingerprint density at radius 2 is 2.00 bits per heavy atom. The molecule has 102 valence electrons. The normalized spacial score (nSPS) is 12.8. The van der Waals surface area contributed by atoms with Gasteiger partial charge in [-0.2, -0.15) is 0 Å². The summed E-state index contributed by atoms with van der Waals surface area (Å²) >= 11 is 0. The van der Waals surface area contributed by atoms with Crippen LogP contribution in [0.5, 0.6) is 0 Å². The first-order valence-corrected chi connectivity index (χ1v) is 6.29. The molecule has 0 aromatic heterocycles. The molecule has 0 rings (SSSR count). The number of hydrogen-bond acceptors (Lipinski definition) is 4. The van der Waals surface area contributed by atoms with Gasteiger partial charge in [0.2, 0.25) is 5.91 Å². The summed E-state index contributed by atoms with van der Waals surface area (Å²) in [5.41, 5.74) is 5.62. The third-order valence-corrected chi connectivity index (χ3v) is 2.74. The summed E-state index contributed by atoms with van der Waals surface area (Å²) in [6.45, 7) is 7.42. The molecule has 0 radical (unpaired) electrons. The predicted molar refractivity (Wildman–Crippen MR) is 69.9 cm³/mol. The van der Waals surface area contributed by atoms with E-state index in [0.29, 0.717) is 19.7 Å². The van der Waals surface area contributed by atoms with E-state index in [1.165, 1.54) is 0 Å². The number of amides is 1. The van der Waals surface area contributed by atoms with Crippen LogP contribution in [-0.4, -0.2) is 68.7 Å². The van der Waals surface area contributed by atoms with E-state index in [0.717, 1.165) is 19.5 Å². The summed E-state index contributed by atoms with van der Waals surface area (Å²) in [6.07, 6.45) is 0.974. The van der Waals surface area contributed by atoms with E-state index in [1.807, 2.05) is 6.92 Å². The Kier molecular flexibility index (Phi) is 9.03. The lowest BCUT2D eigenvalue weighted by molar-refractivity contribution is -0.130. The average Bonchev–Trinajstić information content (AvgIpc) is 2.31. The zero-order valence-corrected chi connectivity index (χ0v) is 11.6. The molecule has 0 spiro atoms. The van der Waals surface area contributed by atoms with Crippen LogP contribution in [-0.2, 0) is 9.53 Å². The summed E-state index contributed by atoms with van der Waals surface area (Å²) in [4.78, 5) is 15.3. The second-order valence-corrected chi connectivity index (χ2v) is 4.26. The maximum absolute atomic E-state index is 11.6. The number of likely N-dealkylation sites (N-methyl/N-ethyl adjacent to an activating group) is 2. The third-order valence-electron chi connectivity index (χ3n) is 2.74. The molecule has 0 aliphatic rings. The minimum absolute atomic E-state index is 0.100. The van der Waals surface area contributed by atoms with Crippen molar-refractivity contribution in [3.8, 4) is 0 Å². The summed E-state index contributed by atoms with van der Waals surface area (Å²) in [6, 6.07) is 0. The molecule has 5 nitrogen and oxygen atoms in total. The molecule has 0 bridgehead atoms. The standard InChI is InChI=1S/C12H27N3O2/c1-5-15(10-12(16)14(3)4)8-7-11(9-13)17-6-2/h11H,5-10,13H2,1-4H3. The number of nitrogens with zero attached hydrogens (tertiary/aromatic N) is 2. The Balaban J connectivity index is 3.99. The minimum Gasteiger partial charge on any atom is -0.377 e. The molecule has 1 amide bonds. The van der Waals surface area contributed by atoms with Gasteiger partial charge in [-0.1, -0.05) is 6.92 Å². The van der Waals surface area contributed by atoms with Crippen molar-refractivity contribution in [2.45, 2.75) is 26.4 Å². The fraction of sp³-hybridized carbons (Fsp3) is 0.917. The fourth-order valence-electron chi connectivity index (χ4n) is 1.51. The van der Waals surface area contributed by atoms with Gasteiger partial charge in [0.05, 0.1) is 12.6 Å². The molecule has 5 heteroatoms. The van der Waals surface area contributed by atoms with Crippen molar-refractivity contribution in [2.24, 2.45) is 5.73 Å². The highest BCUT2D eigenvalue weighted by Crippen LogP contribution is 2.00. The van der Waals surface area contributed by atoms with Crippen LogP contribution in [0.2, 0.25) is 0 Å². The van der Waals surface area contributed by atoms with E-state index in [-0.39, 0.29) is 12.0 Å². The second kappa shape index (κ2) is 9.39. The van der Waals surface area contributed by atoms with Gasteiger partial charge in [0.25, 0.3) is 0 Å². The number of rotatable bonds is 9. The minimum atomic E-state index is 0.100. The molecule has 0 fully saturated rings. The number of hydrogen-bond donors (Lipinski definition) is 1. The first-order chi connectivity index (χ1) is 8.04. The Morgan fingerprint density at radius 3 is 2.41 bits per heavy atom. The van der Waals surface area contributed by atoms with Gasteiger partial charge in [-0.3, -0.25) is 9.69 Å². The molecule has 0 aliphatic heterocycles. The number of carbonyl (C=O) groups excluding carboxylic acids is 1. The SMILES string of the molecule is CCOC(CN)CCN(CC)CC(=O)N(C)C. The molecule has 1 unspecified atom stereocenters. The van der Waals surface area contributed by atoms with E-state index in [1.54, 1.807) is 19.0 Å². The molecule has 0 aliphatic carbocycles. The lowest BCUT2D eigenvalue weighted by atomic mass is 10.2. The molecule has 0 heterocycles. The molecule has 1 atom stereocenters. The van der Waals surface area contributed by atoms with Crippen LogP contribution in [0, 0.1) is 0 Å².